The molecule has 1 heterocycles. The third-order valence-corrected chi connectivity index (χ3v) is 2.85. The first-order valence-corrected chi connectivity index (χ1v) is 6.34. The van der Waals surface area contributed by atoms with Gasteiger partial charge in [-0.05, 0) is 0 Å². The minimum atomic E-state index is -1.62. The van der Waals surface area contributed by atoms with Gasteiger partial charge in [0.05, 0.1) is 6.61 Å². The van der Waals surface area contributed by atoms with E-state index < -0.39 is 69.1 Å². The predicted octanol–water partition coefficient (Wildman–Crippen LogP) is -4.02. The number of rotatable bonds is 8. The third-order valence-electron chi connectivity index (χ3n) is 2.85. The summed E-state index contributed by atoms with van der Waals surface area (Å²) in [5.74, 6) is -1.94. The van der Waals surface area contributed by atoms with Crippen molar-refractivity contribution in [3.8, 4) is 0 Å². The number of nitrogens with one attached hydrogen (secondary N) is 1. The number of carbonyl (C=O) groups is 2. The van der Waals surface area contributed by atoms with Gasteiger partial charge >= 0.3 is 5.97 Å². The van der Waals surface area contributed by atoms with Gasteiger partial charge in [0, 0.05) is 0 Å². The van der Waals surface area contributed by atoms with Crippen LogP contribution in [0.25, 0.3) is 0 Å². The summed E-state index contributed by atoms with van der Waals surface area (Å²) in [7, 11) is 0. The Balaban J connectivity index is 2.35. The van der Waals surface area contributed by atoms with Crippen molar-refractivity contribution in [3.05, 3.63) is 0 Å². The van der Waals surface area contributed by atoms with Crippen LogP contribution < -0.4 is 5.32 Å². The Labute approximate surface area is 125 Å². The van der Waals surface area contributed by atoms with E-state index in [1.54, 1.807) is 0 Å². The van der Waals surface area contributed by atoms with E-state index in [0.29, 0.717) is 0 Å². The molecule has 0 aliphatic carbocycles. The number of carboxylic acids is 1. The zero-order valence-corrected chi connectivity index (χ0v) is 11.5. The fourth-order valence-electron chi connectivity index (χ4n) is 1.80. The van der Waals surface area contributed by atoms with Crippen LogP contribution in [-0.2, 0) is 23.8 Å². The smallest absolute Gasteiger partial charge is 0.329 e. The van der Waals surface area contributed by atoms with Crippen LogP contribution in [0.15, 0.2) is 0 Å². The molecule has 11 heteroatoms. The molecule has 6 N–H and O–H groups in total. The first kappa shape index (κ1) is 18.7. The van der Waals surface area contributed by atoms with E-state index in [-0.39, 0.29) is 0 Å². The second-order valence-electron chi connectivity index (χ2n) is 4.53. The van der Waals surface area contributed by atoms with E-state index in [9.17, 15) is 24.9 Å². The number of ether oxygens (including phenoxy) is 3. The first-order chi connectivity index (χ1) is 10.4. The summed E-state index contributed by atoms with van der Waals surface area (Å²) in [4.78, 5) is 21.7. The number of carboxylic acid groups (broad SMARTS) is 1. The third kappa shape index (κ3) is 5.46. The van der Waals surface area contributed by atoms with Gasteiger partial charge in [-0.2, -0.15) is 0 Å². The quantitative estimate of drug-likeness (QED) is 0.190. The topological polar surface area (TPSA) is 175 Å². The zero-order valence-electron chi connectivity index (χ0n) is 11.5. The molecule has 1 amide bonds. The lowest BCUT2D eigenvalue weighted by molar-refractivity contribution is -0.254. The minimum Gasteiger partial charge on any atom is -0.480 e. The number of hydrogen-bond acceptors (Lipinski definition) is 9. The molecule has 1 rings (SSSR count). The molecule has 0 bridgehead atoms. The molecule has 22 heavy (non-hydrogen) atoms. The molecule has 11 nitrogen and oxygen atoms in total. The van der Waals surface area contributed by atoms with Crippen LogP contribution in [0.3, 0.4) is 0 Å². The maximum atomic E-state index is 11.5. The standard InChI is InChI=1S/C11H19NO10/c13-1-5-9(17)10(18)8(11(19)22-5)12-6(14)2-20-4-21-3-7(15)16/h5,8-11,13,17-19H,1-4H2,(H,12,14)(H,15,16)/t5?,8?,9-,10+,11-/m1/s1. The highest BCUT2D eigenvalue weighted by Crippen LogP contribution is 2.19. The molecule has 1 saturated heterocycles. The van der Waals surface area contributed by atoms with Crippen molar-refractivity contribution in [2.24, 2.45) is 0 Å². The van der Waals surface area contributed by atoms with Crippen LogP contribution in [0.4, 0.5) is 0 Å². The Kier molecular flexibility index (Phi) is 7.61. The van der Waals surface area contributed by atoms with Crippen molar-refractivity contribution in [2.75, 3.05) is 26.6 Å². The molecule has 1 fully saturated rings. The van der Waals surface area contributed by atoms with Crippen molar-refractivity contribution >= 4 is 11.9 Å². The summed E-state index contributed by atoms with van der Waals surface area (Å²) in [6.45, 7) is -2.14. The van der Waals surface area contributed by atoms with E-state index in [2.05, 4.69) is 10.1 Å². The van der Waals surface area contributed by atoms with Gasteiger partial charge in [-0.3, -0.25) is 4.79 Å². The highest BCUT2D eigenvalue weighted by atomic mass is 16.7. The van der Waals surface area contributed by atoms with Crippen molar-refractivity contribution in [1.82, 2.24) is 5.32 Å². The Bertz CT molecular complexity index is 378. The molecule has 1 aliphatic heterocycles. The van der Waals surface area contributed by atoms with E-state index in [4.69, 9.17) is 19.7 Å². The van der Waals surface area contributed by atoms with Gasteiger partial charge in [-0.15, -0.1) is 0 Å². The monoisotopic (exact) mass is 325 g/mol. The highest BCUT2D eigenvalue weighted by molar-refractivity contribution is 5.77. The number of carbonyl (C=O) groups excluding carboxylic acids is 1. The van der Waals surface area contributed by atoms with E-state index in [0.717, 1.165) is 0 Å². The lowest BCUT2D eigenvalue weighted by Gasteiger charge is -2.40. The van der Waals surface area contributed by atoms with Crippen LogP contribution in [0.5, 0.6) is 0 Å². The van der Waals surface area contributed by atoms with Crippen molar-refractivity contribution in [2.45, 2.75) is 30.6 Å². The van der Waals surface area contributed by atoms with Crippen LogP contribution in [0, 0.1) is 0 Å². The molecule has 0 aromatic carbocycles. The molecule has 2 unspecified atom stereocenters. The van der Waals surface area contributed by atoms with Gasteiger partial charge in [-0.25, -0.2) is 4.79 Å². The van der Waals surface area contributed by atoms with Gasteiger partial charge in [0.1, 0.15) is 44.4 Å². The second-order valence-corrected chi connectivity index (χ2v) is 4.53. The number of aliphatic hydroxyl groups excluding tert-OH is 4. The number of hydrogen-bond donors (Lipinski definition) is 6. The first-order valence-electron chi connectivity index (χ1n) is 6.34. The normalized spacial score (nSPS) is 31.7. The van der Waals surface area contributed by atoms with Gasteiger partial charge in [0.2, 0.25) is 5.91 Å². The highest BCUT2D eigenvalue weighted by Gasteiger charge is 2.44. The number of aliphatic hydroxyl groups is 4. The number of amides is 1. The molecule has 0 radical (unpaired) electrons. The molecular weight excluding hydrogens is 306 g/mol. The lowest BCUT2D eigenvalue weighted by Crippen LogP contribution is -2.64. The van der Waals surface area contributed by atoms with Crippen molar-refractivity contribution in [3.63, 3.8) is 0 Å². The summed E-state index contributed by atoms with van der Waals surface area (Å²) < 4.78 is 14.1. The SMILES string of the molecule is O=C(O)COCOCC(=O)NC1[C@H](O)OC(CO)[C@@H](O)[C@H]1O. The van der Waals surface area contributed by atoms with Gasteiger partial charge in [0.15, 0.2) is 6.29 Å². The maximum Gasteiger partial charge on any atom is 0.329 e. The molecule has 0 aromatic rings. The second kappa shape index (κ2) is 8.95. The summed E-state index contributed by atoms with van der Waals surface area (Å²) in [6, 6.07) is -1.31. The van der Waals surface area contributed by atoms with E-state index in [1.165, 1.54) is 0 Å². The Morgan fingerprint density at radius 3 is 2.32 bits per heavy atom. The van der Waals surface area contributed by atoms with Crippen LogP contribution in [0.2, 0.25) is 0 Å². The van der Waals surface area contributed by atoms with Gasteiger partial charge < -0.3 is 45.1 Å². The van der Waals surface area contributed by atoms with Crippen molar-refractivity contribution < 1.29 is 49.3 Å². The maximum absolute atomic E-state index is 11.5. The van der Waals surface area contributed by atoms with Crippen molar-refractivity contribution in [1.29, 1.82) is 0 Å². The summed E-state index contributed by atoms with van der Waals surface area (Å²) >= 11 is 0. The van der Waals surface area contributed by atoms with Crippen LogP contribution in [0.1, 0.15) is 0 Å². The van der Waals surface area contributed by atoms with E-state index >= 15 is 0 Å². The molecule has 128 valence electrons. The molecule has 0 saturated carbocycles. The average molecular weight is 325 g/mol. The van der Waals surface area contributed by atoms with Gasteiger partial charge in [-0.1, -0.05) is 0 Å². The molecule has 1 aliphatic rings. The average Bonchev–Trinajstić information content (AvgIpc) is 2.46. The zero-order chi connectivity index (χ0) is 16.7. The fourth-order valence-corrected chi connectivity index (χ4v) is 1.80. The number of aliphatic carboxylic acids is 1. The summed E-state index contributed by atoms with van der Waals surface area (Å²) in [6.07, 6.45) is -5.83. The van der Waals surface area contributed by atoms with Gasteiger partial charge in [0.25, 0.3) is 0 Å². The summed E-state index contributed by atoms with van der Waals surface area (Å²) in [5.41, 5.74) is 0. The van der Waals surface area contributed by atoms with Crippen LogP contribution in [-0.4, -0.2) is 94.7 Å². The largest absolute Gasteiger partial charge is 0.480 e. The minimum absolute atomic E-state index is 0.429. The molecule has 5 atom stereocenters. The summed E-state index contributed by atoms with van der Waals surface area (Å²) in [5, 5.41) is 48.4. The Hall–Kier alpha value is -1.34. The van der Waals surface area contributed by atoms with Crippen LogP contribution >= 0.6 is 0 Å². The fraction of sp³-hybridized carbons (Fsp3) is 0.818. The molecular formula is C11H19NO10. The Morgan fingerprint density at radius 1 is 1.09 bits per heavy atom. The van der Waals surface area contributed by atoms with E-state index in [1.807, 2.05) is 0 Å². The Morgan fingerprint density at radius 2 is 1.73 bits per heavy atom. The molecule has 0 aromatic heterocycles. The molecule has 0 spiro atoms. The lowest BCUT2D eigenvalue weighted by atomic mass is 9.97. The predicted molar refractivity (Wildman–Crippen MR) is 66.3 cm³/mol.